The van der Waals surface area contributed by atoms with Gasteiger partial charge < -0.3 is 10.1 Å². The molecule has 1 heterocycles. The zero-order valence-corrected chi connectivity index (χ0v) is 19.1. The molecule has 0 unspecified atom stereocenters. The van der Waals surface area contributed by atoms with Crippen molar-refractivity contribution in [2.75, 3.05) is 25.0 Å². The van der Waals surface area contributed by atoms with E-state index in [4.69, 9.17) is 4.74 Å². The van der Waals surface area contributed by atoms with Crippen molar-refractivity contribution >= 4 is 11.6 Å². The molecule has 4 rings (SSSR count). The number of carbonyl (C=O) groups excluding carboxylic acids is 1. The van der Waals surface area contributed by atoms with Crippen molar-refractivity contribution in [3.8, 4) is 5.75 Å². The quantitative estimate of drug-likeness (QED) is 0.418. The fourth-order valence-corrected chi connectivity index (χ4v) is 4.34. The number of nitrogens with zero attached hydrogens (tertiary/aromatic N) is 1. The van der Waals surface area contributed by atoms with Crippen molar-refractivity contribution in [2.45, 2.75) is 25.8 Å². The number of amides is 1. The first-order valence-corrected chi connectivity index (χ1v) is 11.7. The van der Waals surface area contributed by atoms with Gasteiger partial charge in [-0.15, -0.1) is 0 Å². The summed E-state index contributed by atoms with van der Waals surface area (Å²) in [6.45, 7) is 7.28. The number of nitrogens with one attached hydrogen (secondary N) is 1. The Labute approximate surface area is 196 Å². The van der Waals surface area contributed by atoms with Crippen molar-refractivity contribution in [3.05, 3.63) is 108 Å². The lowest BCUT2D eigenvalue weighted by atomic mass is 9.90. The maximum Gasteiger partial charge on any atom is 0.255 e. The average molecular weight is 441 g/mol. The molecule has 4 nitrogen and oxygen atoms in total. The summed E-state index contributed by atoms with van der Waals surface area (Å²) in [4.78, 5) is 15.2. The molecule has 0 saturated carbocycles. The first-order chi connectivity index (χ1) is 16.2. The highest BCUT2D eigenvalue weighted by Crippen LogP contribution is 2.23. The molecule has 1 N–H and O–H groups in total. The summed E-state index contributed by atoms with van der Waals surface area (Å²) in [5.74, 6) is 1.36. The molecule has 0 spiro atoms. The Balaban J connectivity index is 1.25. The van der Waals surface area contributed by atoms with Crippen LogP contribution in [0.5, 0.6) is 5.75 Å². The lowest BCUT2D eigenvalue weighted by Gasteiger charge is -2.32. The maximum absolute atomic E-state index is 12.6. The minimum Gasteiger partial charge on any atom is -0.489 e. The van der Waals surface area contributed by atoms with E-state index in [1.54, 1.807) is 6.08 Å². The van der Waals surface area contributed by atoms with Gasteiger partial charge in [-0.2, -0.15) is 0 Å². The SMILES string of the molecule is C=CCOc1cccc(NC(=O)c2ccc(CN3CCC(Cc4ccccc4)CC3)cc2)c1. The van der Waals surface area contributed by atoms with E-state index in [9.17, 15) is 4.79 Å². The number of hydrogen-bond acceptors (Lipinski definition) is 3. The van der Waals surface area contributed by atoms with Crippen molar-refractivity contribution in [3.63, 3.8) is 0 Å². The molecule has 1 amide bonds. The van der Waals surface area contributed by atoms with E-state index in [0.717, 1.165) is 25.6 Å². The minimum absolute atomic E-state index is 0.121. The first-order valence-electron chi connectivity index (χ1n) is 11.7. The average Bonchev–Trinajstić information content (AvgIpc) is 2.85. The summed E-state index contributed by atoms with van der Waals surface area (Å²) in [6, 6.07) is 26.1. The Hall–Kier alpha value is -3.37. The summed E-state index contributed by atoms with van der Waals surface area (Å²) in [6.07, 6.45) is 5.36. The molecule has 3 aromatic rings. The predicted molar refractivity (Wildman–Crippen MR) is 135 cm³/mol. The Morgan fingerprint density at radius 1 is 0.970 bits per heavy atom. The third kappa shape index (κ3) is 6.80. The third-order valence-electron chi connectivity index (χ3n) is 6.16. The number of rotatable bonds is 9. The van der Waals surface area contributed by atoms with Crippen LogP contribution in [-0.2, 0) is 13.0 Å². The van der Waals surface area contributed by atoms with Crippen LogP contribution in [0.25, 0.3) is 0 Å². The number of likely N-dealkylation sites (tertiary alicyclic amines) is 1. The van der Waals surface area contributed by atoms with Crippen LogP contribution < -0.4 is 10.1 Å². The van der Waals surface area contributed by atoms with Crippen LogP contribution in [0.15, 0.2) is 91.5 Å². The summed E-state index contributed by atoms with van der Waals surface area (Å²) in [5.41, 5.74) is 4.05. The molecule has 1 fully saturated rings. The van der Waals surface area contributed by atoms with Gasteiger partial charge in [0.15, 0.2) is 0 Å². The Kier molecular flexibility index (Phi) is 7.94. The van der Waals surface area contributed by atoms with Gasteiger partial charge in [0.2, 0.25) is 0 Å². The van der Waals surface area contributed by atoms with E-state index in [1.807, 2.05) is 36.4 Å². The molecule has 170 valence electrons. The number of benzene rings is 3. The maximum atomic E-state index is 12.6. The Morgan fingerprint density at radius 3 is 2.45 bits per heavy atom. The van der Waals surface area contributed by atoms with Gasteiger partial charge in [-0.3, -0.25) is 9.69 Å². The molecule has 4 heteroatoms. The van der Waals surface area contributed by atoms with Gasteiger partial charge >= 0.3 is 0 Å². The second-order valence-corrected chi connectivity index (χ2v) is 8.69. The molecule has 0 bridgehead atoms. The summed E-state index contributed by atoms with van der Waals surface area (Å²) < 4.78 is 5.53. The highest BCUT2D eigenvalue weighted by atomic mass is 16.5. The molecule has 3 aromatic carbocycles. The number of piperidine rings is 1. The topological polar surface area (TPSA) is 41.6 Å². The fourth-order valence-electron chi connectivity index (χ4n) is 4.34. The van der Waals surface area contributed by atoms with E-state index in [1.165, 1.54) is 30.4 Å². The molecular formula is C29H32N2O2. The fraction of sp³-hybridized carbons (Fsp3) is 0.276. The van der Waals surface area contributed by atoms with E-state index in [0.29, 0.717) is 23.6 Å². The minimum atomic E-state index is -0.121. The van der Waals surface area contributed by atoms with Crippen molar-refractivity contribution in [1.82, 2.24) is 4.90 Å². The standard InChI is InChI=1S/C29H32N2O2/c1-2-19-33-28-10-6-9-27(21-28)30-29(32)26-13-11-25(12-14-26)22-31-17-15-24(16-18-31)20-23-7-4-3-5-8-23/h2-14,21,24H,1,15-20,22H2,(H,30,32). The lowest BCUT2D eigenvalue weighted by Crippen LogP contribution is -2.33. The molecule has 33 heavy (non-hydrogen) atoms. The summed E-state index contributed by atoms with van der Waals surface area (Å²) >= 11 is 0. The van der Waals surface area contributed by atoms with Crippen LogP contribution in [0, 0.1) is 5.92 Å². The van der Waals surface area contributed by atoms with Gasteiger partial charge in [-0.1, -0.05) is 61.2 Å². The number of carbonyl (C=O) groups is 1. The van der Waals surface area contributed by atoms with Crippen molar-refractivity contribution in [2.24, 2.45) is 5.92 Å². The predicted octanol–water partition coefficient (Wildman–Crippen LogP) is 5.96. The lowest BCUT2D eigenvalue weighted by molar-refractivity contribution is 0.102. The van der Waals surface area contributed by atoms with Crippen molar-refractivity contribution in [1.29, 1.82) is 0 Å². The highest BCUT2D eigenvalue weighted by molar-refractivity contribution is 6.04. The van der Waals surface area contributed by atoms with Crippen LogP contribution >= 0.6 is 0 Å². The molecule has 1 saturated heterocycles. The van der Waals surface area contributed by atoms with Crippen molar-refractivity contribution < 1.29 is 9.53 Å². The monoisotopic (exact) mass is 440 g/mol. The largest absolute Gasteiger partial charge is 0.489 e. The molecule has 1 aliphatic rings. The normalized spacial score (nSPS) is 14.5. The van der Waals surface area contributed by atoms with Gasteiger partial charge in [0.25, 0.3) is 5.91 Å². The van der Waals surface area contributed by atoms with Crippen LogP contribution in [0.3, 0.4) is 0 Å². The molecular weight excluding hydrogens is 408 g/mol. The molecule has 0 radical (unpaired) electrons. The Morgan fingerprint density at radius 2 is 1.73 bits per heavy atom. The number of anilines is 1. The Bertz CT molecular complexity index is 1040. The van der Waals surface area contributed by atoms with Gasteiger partial charge in [-0.05, 0) is 73.7 Å². The van der Waals surface area contributed by atoms with Gasteiger partial charge in [-0.25, -0.2) is 0 Å². The van der Waals surface area contributed by atoms with Gasteiger partial charge in [0.05, 0.1) is 0 Å². The molecule has 0 atom stereocenters. The first kappa shape index (κ1) is 22.8. The van der Waals surface area contributed by atoms with Gasteiger partial charge in [0, 0.05) is 23.9 Å². The number of hydrogen-bond donors (Lipinski definition) is 1. The molecule has 0 aromatic heterocycles. The van der Waals surface area contributed by atoms with Gasteiger partial charge in [0.1, 0.15) is 12.4 Å². The van der Waals surface area contributed by atoms with E-state index < -0.39 is 0 Å². The smallest absolute Gasteiger partial charge is 0.255 e. The third-order valence-corrected chi connectivity index (χ3v) is 6.16. The van der Waals surface area contributed by atoms with Crippen LogP contribution in [0.1, 0.15) is 34.3 Å². The summed E-state index contributed by atoms with van der Waals surface area (Å²) in [5, 5.41) is 2.95. The van der Waals surface area contributed by atoms with Crippen LogP contribution in [-0.4, -0.2) is 30.5 Å². The summed E-state index contributed by atoms with van der Waals surface area (Å²) in [7, 11) is 0. The zero-order valence-electron chi connectivity index (χ0n) is 19.1. The molecule has 1 aliphatic heterocycles. The molecule has 0 aliphatic carbocycles. The van der Waals surface area contributed by atoms with Crippen LogP contribution in [0.2, 0.25) is 0 Å². The number of ether oxygens (including phenoxy) is 1. The van der Waals surface area contributed by atoms with E-state index in [2.05, 4.69) is 59.3 Å². The van der Waals surface area contributed by atoms with Crippen LogP contribution in [0.4, 0.5) is 5.69 Å². The van der Waals surface area contributed by atoms with E-state index in [-0.39, 0.29) is 5.91 Å². The second-order valence-electron chi connectivity index (χ2n) is 8.69. The highest BCUT2D eigenvalue weighted by Gasteiger charge is 2.19. The van der Waals surface area contributed by atoms with E-state index >= 15 is 0 Å². The zero-order chi connectivity index (χ0) is 22.9. The second kappa shape index (κ2) is 11.5.